The Labute approximate surface area is 171 Å². The third-order valence-electron chi connectivity index (χ3n) is 5.53. The number of amides is 1. The van der Waals surface area contributed by atoms with Crippen LogP contribution in [0.15, 0.2) is 53.5 Å². The van der Waals surface area contributed by atoms with E-state index < -0.39 is 0 Å². The van der Waals surface area contributed by atoms with Gasteiger partial charge in [0, 0.05) is 16.9 Å². The number of hydrogen-bond acceptors (Lipinski definition) is 4. The Balaban J connectivity index is 1.50. The molecule has 0 unspecified atom stereocenters. The van der Waals surface area contributed by atoms with Crippen LogP contribution in [0.5, 0.6) is 0 Å². The fraction of sp³-hybridized carbons (Fsp3) is 0.391. The van der Waals surface area contributed by atoms with E-state index in [0.717, 1.165) is 46.8 Å². The van der Waals surface area contributed by atoms with Crippen molar-refractivity contribution >= 4 is 34.1 Å². The summed E-state index contributed by atoms with van der Waals surface area (Å²) in [6.07, 6.45) is 6.69. The number of benzene rings is 2. The summed E-state index contributed by atoms with van der Waals surface area (Å²) in [5.41, 5.74) is 4.11. The summed E-state index contributed by atoms with van der Waals surface area (Å²) in [6, 6.07) is 16.3. The van der Waals surface area contributed by atoms with E-state index in [0.29, 0.717) is 5.75 Å². The maximum atomic E-state index is 12.6. The van der Waals surface area contributed by atoms with Gasteiger partial charge in [-0.05, 0) is 49.8 Å². The number of fused-ring (bicyclic) bond motifs is 1. The molecule has 4 rings (SSSR count). The van der Waals surface area contributed by atoms with Crippen LogP contribution in [0.4, 0.5) is 11.4 Å². The van der Waals surface area contributed by atoms with Gasteiger partial charge < -0.3 is 10.6 Å². The molecular weight excluding hydrogens is 366 g/mol. The normalized spacial score (nSPS) is 17.4. The van der Waals surface area contributed by atoms with Gasteiger partial charge in [0.05, 0.1) is 5.75 Å². The van der Waals surface area contributed by atoms with E-state index >= 15 is 0 Å². The molecule has 5 heteroatoms. The van der Waals surface area contributed by atoms with Gasteiger partial charge in [0.15, 0.2) is 0 Å². The molecule has 1 fully saturated rings. The molecule has 2 aromatic rings. The van der Waals surface area contributed by atoms with Gasteiger partial charge in [-0.2, -0.15) is 0 Å². The molecule has 1 aliphatic heterocycles. The summed E-state index contributed by atoms with van der Waals surface area (Å²) in [7, 11) is 0. The molecule has 1 saturated carbocycles. The van der Waals surface area contributed by atoms with E-state index in [-0.39, 0.29) is 11.6 Å². The van der Waals surface area contributed by atoms with Crippen molar-refractivity contribution in [3.63, 3.8) is 0 Å². The molecule has 1 heterocycles. The van der Waals surface area contributed by atoms with Crippen LogP contribution in [0.1, 0.15) is 50.2 Å². The predicted molar refractivity (Wildman–Crippen MR) is 119 cm³/mol. The van der Waals surface area contributed by atoms with E-state index in [9.17, 15) is 4.79 Å². The highest BCUT2D eigenvalue weighted by Crippen LogP contribution is 2.39. The Morgan fingerprint density at radius 2 is 1.86 bits per heavy atom. The Bertz CT molecular complexity index is 887. The molecule has 2 aliphatic rings. The van der Waals surface area contributed by atoms with Crippen molar-refractivity contribution in [2.45, 2.75) is 51.1 Å². The third-order valence-corrected chi connectivity index (χ3v) is 6.52. The highest BCUT2D eigenvalue weighted by molar-refractivity contribution is 8.15. The van der Waals surface area contributed by atoms with Gasteiger partial charge in [0.1, 0.15) is 10.7 Å². The van der Waals surface area contributed by atoms with E-state index in [1.54, 1.807) is 11.8 Å². The molecule has 1 spiro atoms. The number of nitrogens with zero attached hydrogens (tertiary/aromatic N) is 1. The molecule has 28 heavy (non-hydrogen) atoms. The summed E-state index contributed by atoms with van der Waals surface area (Å²) in [5, 5.41) is 7.73. The van der Waals surface area contributed by atoms with Crippen LogP contribution in [-0.4, -0.2) is 22.4 Å². The van der Waals surface area contributed by atoms with Crippen molar-refractivity contribution in [1.29, 1.82) is 0 Å². The first-order chi connectivity index (χ1) is 13.7. The molecule has 0 aromatic heterocycles. The lowest BCUT2D eigenvalue weighted by Gasteiger charge is -2.39. The Kier molecular flexibility index (Phi) is 5.72. The molecule has 0 bridgehead atoms. The van der Waals surface area contributed by atoms with Crippen LogP contribution < -0.4 is 10.6 Å². The van der Waals surface area contributed by atoms with E-state index in [1.807, 2.05) is 24.3 Å². The highest BCUT2D eigenvalue weighted by atomic mass is 32.2. The smallest absolute Gasteiger partial charge is 0.234 e. The minimum Gasteiger partial charge on any atom is -0.361 e. The molecule has 1 amide bonds. The average molecular weight is 394 g/mol. The molecular formula is C23H27N3OS. The fourth-order valence-electron chi connectivity index (χ4n) is 4.07. The van der Waals surface area contributed by atoms with Gasteiger partial charge >= 0.3 is 0 Å². The average Bonchev–Trinajstić information content (AvgIpc) is 2.73. The molecule has 0 radical (unpaired) electrons. The number of hydrogen-bond donors (Lipinski definition) is 2. The van der Waals surface area contributed by atoms with Crippen LogP contribution in [0, 0.1) is 0 Å². The van der Waals surface area contributed by atoms with Gasteiger partial charge in [-0.1, -0.05) is 61.5 Å². The zero-order chi connectivity index (χ0) is 19.4. The molecule has 0 saturated heterocycles. The number of rotatable bonds is 4. The summed E-state index contributed by atoms with van der Waals surface area (Å²) < 4.78 is 0. The first kappa shape index (κ1) is 19.1. The van der Waals surface area contributed by atoms with Crippen molar-refractivity contribution in [2.75, 3.05) is 16.4 Å². The topological polar surface area (TPSA) is 53.5 Å². The van der Waals surface area contributed by atoms with Gasteiger partial charge in [-0.3, -0.25) is 4.79 Å². The van der Waals surface area contributed by atoms with Crippen molar-refractivity contribution < 1.29 is 4.79 Å². The number of aliphatic imine (C=N–C) groups is 1. The lowest BCUT2D eigenvalue weighted by molar-refractivity contribution is -0.113. The second kappa shape index (κ2) is 8.39. The van der Waals surface area contributed by atoms with E-state index in [2.05, 4.69) is 41.8 Å². The number of aryl methyl sites for hydroxylation is 1. The number of anilines is 2. The largest absolute Gasteiger partial charge is 0.361 e. The van der Waals surface area contributed by atoms with Crippen molar-refractivity contribution in [3.05, 3.63) is 59.7 Å². The molecule has 146 valence electrons. The monoisotopic (exact) mass is 393 g/mol. The second-order valence-electron chi connectivity index (χ2n) is 7.53. The Morgan fingerprint density at radius 3 is 2.68 bits per heavy atom. The van der Waals surface area contributed by atoms with Crippen LogP contribution in [0.2, 0.25) is 0 Å². The molecule has 0 atom stereocenters. The Morgan fingerprint density at radius 1 is 1.11 bits per heavy atom. The van der Waals surface area contributed by atoms with Crippen LogP contribution in [0.3, 0.4) is 0 Å². The number of carbonyl (C=O) groups is 1. The quantitative estimate of drug-likeness (QED) is 0.726. The number of carbonyl (C=O) groups excluding carboxylic acids is 1. The molecule has 2 N–H and O–H groups in total. The Hall–Kier alpha value is -2.27. The molecule has 2 aromatic carbocycles. The molecule has 4 nitrogen and oxygen atoms in total. The standard InChI is InChI=1S/C23H27N3OS/c1-2-17-10-4-6-12-19(17)24-21(27)16-28-22-18-11-5-7-13-20(18)25-23(26-22)14-8-3-9-15-23/h4-7,10-13,25H,2-3,8-9,14-16H2,1H3,(H,24,27). The van der Waals surface area contributed by atoms with E-state index in [1.165, 1.54) is 19.3 Å². The minimum absolute atomic E-state index is 0.0160. The van der Waals surface area contributed by atoms with Crippen molar-refractivity contribution in [3.8, 4) is 0 Å². The van der Waals surface area contributed by atoms with Crippen molar-refractivity contribution in [2.24, 2.45) is 4.99 Å². The minimum atomic E-state index is -0.194. The number of para-hydroxylation sites is 2. The van der Waals surface area contributed by atoms with Gasteiger partial charge in [-0.15, -0.1) is 0 Å². The summed E-state index contributed by atoms with van der Waals surface area (Å²) >= 11 is 1.55. The zero-order valence-corrected chi connectivity index (χ0v) is 17.1. The first-order valence-corrected chi connectivity index (χ1v) is 11.2. The van der Waals surface area contributed by atoms with Crippen LogP contribution in [-0.2, 0) is 11.2 Å². The number of nitrogens with one attached hydrogen (secondary N) is 2. The summed E-state index contributed by atoms with van der Waals surface area (Å²) in [5.74, 6) is 0.378. The van der Waals surface area contributed by atoms with Crippen molar-refractivity contribution in [1.82, 2.24) is 0 Å². The van der Waals surface area contributed by atoms with E-state index in [4.69, 9.17) is 4.99 Å². The lowest BCUT2D eigenvalue weighted by atomic mass is 9.88. The van der Waals surface area contributed by atoms with Crippen LogP contribution >= 0.6 is 11.8 Å². The zero-order valence-electron chi connectivity index (χ0n) is 16.3. The number of thioether (sulfide) groups is 1. The predicted octanol–water partition coefficient (Wildman–Crippen LogP) is 5.45. The van der Waals surface area contributed by atoms with Gasteiger partial charge in [-0.25, -0.2) is 4.99 Å². The first-order valence-electron chi connectivity index (χ1n) is 10.2. The highest BCUT2D eigenvalue weighted by Gasteiger charge is 2.36. The summed E-state index contributed by atoms with van der Waals surface area (Å²) in [6.45, 7) is 2.10. The van der Waals surface area contributed by atoms with Gasteiger partial charge in [0.25, 0.3) is 0 Å². The molecule has 1 aliphatic carbocycles. The maximum Gasteiger partial charge on any atom is 0.234 e. The lowest BCUT2D eigenvalue weighted by Crippen LogP contribution is -2.42. The second-order valence-corrected chi connectivity index (χ2v) is 8.49. The maximum absolute atomic E-state index is 12.6. The third kappa shape index (κ3) is 4.09. The van der Waals surface area contributed by atoms with Gasteiger partial charge in [0.2, 0.25) is 5.91 Å². The van der Waals surface area contributed by atoms with Crippen LogP contribution in [0.25, 0.3) is 0 Å². The summed E-state index contributed by atoms with van der Waals surface area (Å²) in [4.78, 5) is 17.7. The fourth-order valence-corrected chi connectivity index (χ4v) is 4.98. The SMILES string of the molecule is CCc1ccccc1NC(=O)CSC1=NC2(CCCCC2)Nc2ccccc21.